The maximum absolute atomic E-state index is 14.5. The van der Waals surface area contributed by atoms with E-state index < -0.39 is 5.83 Å². The number of pyridine rings is 1. The zero-order valence-corrected chi connectivity index (χ0v) is 12.0. The first-order valence-corrected chi connectivity index (χ1v) is 6.84. The van der Waals surface area contributed by atoms with Crippen LogP contribution in [-0.2, 0) is 0 Å². The van der Waals surface area contributed by atoms with Crippen LogP contribution in [0.15, 0.2) is 54.9 Å². The van der Waals surface area contributed by atoms with E-state index in [0.717, 1.165) is 0 Å². The Morgan fingerprint density at radius 3 is 2.57 bits per heavy atom. The molecule has 0 aliphatic heterocycles. The van der Waals surface area contributed by atoms with E-state index >= 15 is 0 Å². The predicted molar refractivity (Wildman–Crippen MR) is 86.8 cm³/mol. The van der Waals surface area contributed by atoms with Crippen LogP contribution >= 0.6 is 0 Å². The minimum atomic E-state index is -0.541. The van der Waals surface area contributed by atoms with Crippen LogP contribution in [0.5, 0.6) is 5.75 Å². The van der Waals surface area contributed by atoms with Gasteiger partial charge < -0.3 is 10.8 Å². The Morgan fingerprint density at radius 2 is 1.83 bits per heavy atom. The largest absolute Gasteiger partial charge is 0.507 e. The van der Waals surface area contributed by atoms with Gasteiger partial charge in [-0.2, -0.15) is 0 Å². The SMILES string of the molecule is Nc1nnc(-c2ccccc2O)cc1/C(F)=C/c1ccncc1. The van der Waals surface area contributed by atoms with Gasteiger partial charge in [0.25, 0.3) is 0 Å². The second kappa shape index (κ2) is 6.23. The van der Waals surface area contributed by atoms with Crippen molar-refractivity contribution in [3.05, 3.63) is 66.0 Å². The number of rotatable bonds is 3. The molecular weight excluding hydrogens is 295 g/mol. The van der Waals surface area contributed by atoms with Crippen molar-refractivity contribution in [3.8, 4) is 17.0 Å². The van der Waals surface area contributed by atoms with Gasteiger partial charge in [-0.1, -0.05) is 12.1 Å². The molecule has 2 heterocycles. The van der Waals surface area contributed by atoms with Crippen LogP contribution in [0.2, 0.25) is 0 Å². The highest BCUT2D eigenvalue weighted by Gasteiger charge is 2.12. The first-order chi connectivity index (χ1) is 11.1. The summed E-state index contributed by atoms with van der Waals surface area (Å²) in [5.41, 5.74) is 7.30. The number of benzene rings is 1. The fraction of sp³-hybridized carbons (Fsp3) is 0. The molecule has 0 saturated heterocycles. The first-order valence-electron chi connectivity index (χ1n) is 6.84. The molecule has 0 atom stereocenters. The molecule has 3 aromatic rings. The molecule has 0 bridgehead atoms. The van der Waals surface area contributed by atoms with Crippen molar-refractivity contribution in [2.75, 3.05) is 5.73 Å². The minimum absolute atomic E-state index is 0.0213. The Labute approximate surface area is 132 Å². The molecule has 0 radical (unpaired) electrons. The van der Waals surface area contributed by atoms with Crippen LogP contribution in [0.4, 0.5) is 10.2 Å². The molecule has 0 aliphatic carbocycles. The van der Waals surface area contributed by atoms with Crippen molar-refractivity contribution in [2.45, 2.75) is 0 Å². The Hall–Kier alpha value is -3.28. The average Bonchev–Trinajstić information content (AvgIpc) is 2.57. The van der Waals surface area contributed by atoms with Gasteiger partial charge in [0, 0.05) is 18.0 Å². The summed E-state index contributed by atoms with van der Waals surface area (Å²) < 4.78 is 14.5. The summed E-state index contributed by atoms with van der Waals surface area (Å²) in [6.07, 6.45) is 4.48. The van der Waals surface area contributed by atoms with Crippen molar-refractivity contribution < 1.29 is 9.50 Å². The zero-order valence-electron chi connectivity index (χ0n) is 12.0. The second-order valence-corrected chi connectivity index (χ2v) is 4.82. The molecule has 0 unspecified atom stereocenters. The van der Waals surface area contributed by atoms with Gasteiger partial charge in [-0.3, -0.25) is 4.98 Å². The van der Waals surface area contributed by atoms with E-state index in [4.69, 9.17) is 5.73 Å². The number of aromatic hydroxyl groups is 1. The van der Waals surface area contributed by atoms with Crippen molar-refractivity contribution in [1.82, 2.24) is 15.2 Å². The van der Waals surface area contributed by atoms with Gasteiger partial charge in [-0.15, -0.1) is 10.2 Å². The highest BCUT2D eigenvalue weighted by atomic mass is 19.1. The Morgan fingerprint density at radius 1 is 1.09 bits per heavy atom. The number of aromatic nitrogens is 3. The van der Waals surface area contributed by atoms with Crippen LogP contribution in [0.25, 0.3) is 23.2 Å². The van der Waals surface area contributed by atoms with Crippen molar-refractivity contribution in [2.24, 2.45) is 0 Å². The predicted octanol–water partition coefficient (Wildman–Crippen LogP) is 3.29. The first kappa shape index (κ1) is 14.6. The molecule has 1 aromatic carbocycles. The monoisotopic (exact) mass is 308 g/mol. The summed E-state index contributed by atoms with van der Waals surface area (Å²) in [5, 5.41) is 17.6. The van der Waals surface area contributed by atoms with Gasteiger partial charge >= 0.3 is 0 Å². The number of nitrogens with two attached hydrogens (primary N) is 1. The minimum Gasteiger partial charge on any atom is -0.507 e. The smallest absolute Gasteiger partial charge is 0.156 e. The van der Waals surface area contributed by atoms with Crippen molar-refractivity contribution >= 4 is 17.7 Å². The standard InChI is InChI=1S/C17H13FN4O/c18-14(9-11-5-7-20-8-6-11)13-10-15(21-22-17(13)19)12-3-1-2-4-16(12)23/h1-10,23H,(H2,19,22)/b14-9-. The van der Waals surface area contributed by atoms with Crippen LogP contribution in [-0.4, -0.2) is 20.3 Å². The molecule has 0 fully saturated rings. The fourth-order valence-electron chi connectivity index (χ4n) is 2.10. The lowest BCUT2D eigenvalue weighted by molar-refractivity contribution is 0.477. The number of nitrogen functional groups attached to an aromatic ring is 1. The highest BCUT2D eigenvalue weighted by Crippen LogP contribution is 2.31. The van der Waals surface area contributed by atoms with E-state index in [1.807, 2.05) is 0 Å². The molecule has 23 heavy (non-hydrogen) atoms. The third-order valence-electron chi connectivity index (χ3n) is 3.26. The van der Waals surface area contributed by atoms with Gasteiger partial charge in [-0.05, 0) is 42.0 Å². The molecule has 3 rings (SSSR count). The van der Waals surface area contributed by atoms with Gasteiger partial charge in [0.15, 0.2) is 5.82 Å². The summed E-state index contributed by atoms with van der Waals surface area (Å²) in [5.74, 6) is -0.525. The quantitative estimate of drug-likeness (QED) is 0.775. The lowest BCUT2D eigenvalue weighted by Gasteiger charge is -2.07. The van der Waals surface area contributed by atoms with E-state index in [9.17, 15) is 9.50 Å². The number of phenolic OH excluding ortho intramolecular Hbond substituents is 1. The Kier molecular flexibility index (Phi) is 3.97. The number of hydrogen-bond acceptors (Lipinski definition) is 5. The van der Waals surface area contributed by atoms with Crippen LogP contribution < -0.4 is 5.73 Å². The van der Waals surface area contributed by atoms with Gasteiger partial charge in [-0.25, -0.2) is 4.39 Å². The number of halogens is 1. The van der Waals surface area contributed by atoms with Gasteiger partial charge in [0.05, 0.1) is 11.3 Å². The topological polar surface area (TPSA) is 84.9 Å². The summed E-state index contributed by atoms with van der Waals surface area (Å²) in [4.78, 5) is 3.88. The number of nitrogens with zero attached hydrogens (tertiary/aromatic N) is 3. The van der Waals surface area contributed by atoms with E-state index in [1.165, 1.54) is 18.2 Å². The number of para-hydroxylation sites is 1. The van der Waals surface area contributed by atoms with Crippen molar-refractivity contribution in [3.63, 3.8) is 0 Å². The fourth-order valence-corrected chi connectivity index (χ4v) is 2.10. The van der Waals surface area contributed by atoms with Gasteiger partial charge in [0.2, 0.25) is 0 Å². The lowest BCUT2D eigenvalue weighted by Crippen LogP contribution is -2.00. The van der Waals surface area contributed by atoms with Gasteiger partial charge in [0.1, 0.15) is 11.6 Å². The van der Waals surface area contributed by atoms with Crippen LogP contribution in [0.3, 0.4) is 0 Å². The number of phenols is 1. The van der Waals surface area contributed by atoms with E-state index in [1.54, 1.807) is 42.7 Å². The molecule has 0 saturated carbocycles. The Bertz CT molecular complexity index is 865. The molecule has 0 amide bonds. The zero-order chi connectivity index (χ0) is 16.2. The molecular formula is C17H13FN4O. The van der Waals surface area contributed by atoms with E-state index in [2.05, 4.69) is 15.2 Å². The molecule has 114 valence electrons. The second-order valence-electron chi connectivity index (χ2n) is 4.82. The molecule has 2 aromatic heterocycles. The average molecular weight is 308 g/mol. The molecule has 5 nitrogen and oxygen atoms in total. The van der Waals surface area contributed by atoms with Crippen LogP contribution in [0, 0.1) is 0 Å². The maximum atomic E-state index is 14.5. The van der Waals surface area contributed by atoms with Crippen LogP contribution in [0.1, 0.15) is 11.1 Å². The summed E-state index contributed by atoms with van der Waals surface area (Å²) in [6.45, 7) is 0. The third-order valence-corrected chi connectivity index (χ3v) is 3.26. The summed E-state index contributed by atoms with van der Waals surface area (Å²) in [7, 11) is 0. The van der Waals surface area contributed by atoms with E-state index in [0.29, 0.717) is 16.8 Å². The molecule has 6 heteroatoms. The molecule has 0 spiro atoms. The summed E-state index contributed by atoms with van der Waals surface area (Å²) >= 11 is 0. The highest BCUT2D eigenvalue weighted by molar-refractivity contribution is 5.82. The lowest BCUT2D eigenvalue weighted by atomic mass is 10.1. The van der Waals surface area contributed by atoms with E-state index in [-0.39, 0.29) is 17.1 Å². The Balaban J connectivity index is 2.05. The molecule has 0 aliphatic rings. The summed E-state index contributed by atoms with van der Waals surface area (Å²) in [6, 6.07) is 11.4. The maximum Gasteiger partial charge on any atom is 0.156 e. The molecule has 3 N–H and O–H groups in total. The van der Waals surface area contributed by atoms with Crippen molar-refractivity contribution in [1.29, 1.82) is 0 Å². The number of hydrogen-bond donors (Lipinski definition) is 2. The normalized spacial score (nSPS) is 11.4. The third kappa shape index (κ3) is 3.16. The number of anilines is 1.